The van der Waals surface area contributed by atoms with E-state index >= 15 is 0 Å². The number of carbonyl (C=O) groups is 1. The summed E-state index contributed by atoms with van der Waals surface area (Å²) >= 11 is 0. The molecule has 2 aromatic carbocycles. The number of hydrogen-bond acceptors (Lipinski definition) is 3. The predicted molar refractivity (Wildman–Crippen MR) is 113 cm³/mol. The molecule has 0 aromatic heterocycles. The third kappa shape index (κ3) is 5.00. The standard InChI is InChI=1S/C24H32N2O2/c1-19(2)22-12-10-21(11-13-22)17-26-15-7-14-24(28,23(26)27)18-25(3)16-20-8-5-4-6-9-20/h4-6,8-13,19,28H,7,14-18H2,1-3H3/t24-/m1/s1. The monoisotopic (exact) mass is 380 g/mol. The van der Waals surface area contributed by atoms with E-state index in [0.29, 0.717) is 38.5 Å². The molecule has 28 heavy (non-hydrogen) atoms. The van der Waals surface area contributed by atoms with Crippen molar-refractivity contribution in [3.63, 3.8) is 0 Å². The second-order valence-electron chi connectivity index (χ2n) is 8.42. The number of likely N-dealkylation sites (tertiary alicyclic amines) is 1. The van der Waals surface area contributed by atoms with Crippen LogP contribution in [-0.2, 0) is 17.9 Å². The van der Waals surface area contributed by atoms with Crippen molar-refractivity contribution in [2.45, 2.75) is 51.3 Å². The van der Waals surface area contributed by atoms with Crippen molar-refractivity contribution in [2.75, 3.05) is 20.1 Å². The van der Waals surface area contributed by atoms with E-state index in [2.05, 4.69) is 50.2 Å². The van der Waals surface area contributed by atoms with Crippen LogP contribution in [0.3, 0.4) is 0 Å². The van der Waals surface area contributed by atoms with Crippen LogP contribution in [0.1, 0.15) is 49.3 Å². The lowest BCUT2D eigenvalue weighted by atomic mass is 9.90. The molecular formula is C24H32N2O2. The number of nitrogens with zero attached hydrogens (tertiary/aromatic N) is 2. The van der Waals surface area contributed by atoms with E-state index < -0.39 is 5.60 Å². The Hall–Kier alpha value is -2.17. The number of benzene rings is 2. The molecule has 3 rings (SSSR count). The molecule has 1 fully saturated rings. The van der Waals surface area contributed by atoms with Crippen LogP contribution in [-0.4, -0.2) is 46.6 Å². The van der Waals surface area contributed by atoms with Crippen molar-refractivity contribution < 1.29 is 9.90 Å². The van der Waals surface area contributed by atoms with Crippen molar-refractivity contribution in [3.8, 4) is 0 Å². The zero-order valence-corrected chi connectivity index (χ0v) is 17.3. The van der Waals surface area contributed by atoms with Crippen LogP contribution in [0.2, 0.25) is 0 Å². The SMILES string of the molecule is CC(C)c1ccc(CN2CCC[C@@](O)(CN(C)Cc3ccccc3)C2=O)cc1. The molecule has 150 valence electrons. The molecule has 1 atom stereocenters. The fourth-order valence-corrected chi connectivity index (χ4v) is 3.99. The fraction of sp³-hybridized carbons (Fsp3) is 0.458. The molecule has 1 N–H and O–H groups in total. The minimum atomic E-state index is -1.31. The minimum Gasteiger partial charge on any atom is -0.379 e. The van der Waals surface area contributed by atoms with Crippen LogP contribution in [0.15, 0.2) is 54.6 Å². The predicted octanol–water partition coefficient (Wildman–Crippen LogP) is 3.80. The van der Waals surface area contributed by atoms with Gasteiger partial charge in [-0.3, -0.25) is 9.69 Å². The first-order valence-electron chi connectivity index (χ1n) is 10.2. The molecule has 1 aliphatic heterocycles. The highest BCUT2D eigenvalue weighted by molar-refractivity contribution is 5.86. The first-order valence-corrected chi connectivity index (χ1v) is 10.2. The van der Waals surface area contributed by atoms with Gasteiger partial charge in [-0.25, -0.2) is 0 Å². The number of rotatable bonds is 7. The van der Waals surface area contributed by atoms with Crippen molar-refractivity contribution in [2.24, 2.45) is 0 Å². The van der Waals surface area contributed by atoms with Crippen molar-refractivity contribution in [1.29, 1.82) is 0 Å². The Kier molecular flexibility index (Phi) is 6.53. The molecule has 1 saturated heterocycles. The van der Waals surface area contributed by atoms with Crippen LogP contribution in [0.25, 0.3) is 0 Å². The largest absolute Gasteiger partial charge is 0.379 e. The summed E-state index contributed by atoms with van der Waals surface area (Å²) < 4.78 is 0. The fourth-order valence-electron chi connectivity index (χ4n) is 3.99. The van der Waals surface area contributed by atoms with E-state index in [4.69, 9.17) is 0 Å². The van der Waals surface area contributed by atoms with Gasteiger partial charge in [0.25, 0.3) is 5.91 Å². The molecule has 0 unspecified atom stereocenters. The summed E-state index contributed by atoms with van der Waals surface area (Å²) in [6.07, 6.45) is 1.35. The Labute approximate surface area is 168 Å². The van der Waals surface area contributed by atoms with Gasteiger partial charge in [0.05, 0.1) is 0 Å². The molecule has 2 aromatic rings. The molecular weight excluding hydrogens is 348 g/mol. The first-order chi connectivity index (χ1) is 13.4. The number of hydrogen-bond donors (Lipinski definition) is 1. The number of amides is 1. The Morgan fingerprint density at radius 2 is 1.75 bits per heavy atom. The Morgan fingerprint density at radius 1 is 1.07 bits per heavy atom. The summed E-state index contributed by atoms with van der Waals surface area (Å²) in [5.74, 6) is 0.350. The average molecular weight is 381 g/mol. The van der Waals surface area contributed by atoms with Gasteiger partial charge in [-0.2, -0.15) is 0 Å². The highest BCUT2D eigenvalue weighted by Crippen LogP contribution is 2.26. The summed E-state index contributed by atoms with van der Waals surface area (Å²) in [4.78, 5) is 16.9. The van der Waals surface area contributed by atoms with E-state index in [1.54, 1.807) is 0 Å². The third-order valence-corrected chi connectivity index (χ3v) is 5.55. The molecule has 4 nitrogen and oxygen atoms in total. The van der Waals surface area contributed by atoms with Crippen molar-refractivity contribution in [1.82, 2.24) is 9.80 Å². The van der Waals surface area contributed by atoms with Gasteiger partial charge in [0, 0.05) is 26.2 Å². The highest BCUT2D eigenvalue weighted by atomic mass is 16.3. The Balaban J connectivity index is 1.63. The second-order valence-corrected chi connectivity index (χ2v) is 8.42. The lowest BCUT2D eigenvalue weighted by Crippen LogP contribution is -2.57. The van der Waals surface area contributed by atoms with Gasteiger partial charge in [0.1, 0.15) is 0 Å². The quantitative estimate of drug-likeness (QED) is 0.795. The lowest BCUT2D eigenvalue weighted by molar-refractivity contribution is -0.160. The van der Waals surface area contributed by atoms with Crippen LogP contribution in [0, 0.1) is 0 Å². The average Bonchev–Trinajstić information content (AvgIpc) is 2.66. The van der Waals surface area contributed by atoms with Crippen LogP contribution in [0.5, 0.6) is 0 Å². The summed E-state index contributed by atoms with van der Waals surface area (Å²) in [5.41, 5.74) is 2.28. The Morgan fingerprint density at radius 3 is 2.39 bits per heavy atom. The van der Waals surface area contributed by atoms with E-state index in [1.807, 2.05) is 35.0 Å². The molecule has 0 spiro atoms. The molecule has 1 heterocycles. The maximum Gasteiger partial charge on any atom is 0.256 e. The molecule has 0 bridgehead atoms. The maximum absolute atomic E-state index is 13.1. The van der Waals surface area contributed by atoms with Crippen LogP contribution >= 0.6 is 0 Å². The molecule has 1 aliphatic rings. The number of piperidine rings is 1. The molecule has 0 radical (unpaired) electrons. The van der Waals surface area contributed by atoms with Crippen LogP contribution in [0.4, 0.5) is 0 Å². The lowest BCUT2D eigenvalue weighted by Gasteiger charge is -2.40. The zero-order valence-electron chi connectivity index (χ0n) is 17.3. The third-order valence-electron chi connectivity index (χ3n) is 5.55. The molecule has 4 heteroatoms. The van der Waals surface area contributed by atoms with E-state index in [-0.39, 0.29) is 5.91 Å². The smallest absolute Gasteiger partial charge is 0.256 e. The topological polar surface area (TPSA) is 43.8 Å². The van der Waals surface area contributed by atoms with Crippen LogP contribution < -0.4 is 0 Å². The summed E-state index contributed by atoms with van der Waals surface area (Å²) in [5, 5.41) is 11.1. The number of likely N-dealkylation sites (N-methyl/N-ethyl adjacent to an activating group) is 1. The highest BCUT2D eigenvalue weighted by Gasteiger charge is 2.42. The minimum absolute atomic E-state index is 0.147. The second kappa shape index (κ2) is 8.89. The van der Waals surface area contributed by atoms with E-state index in [9.17, 15) is 9.90 Å². The number of carbonyl (C=O) groups excluding carboxylic acids is 1. The Bertz CT molecular complexity index is 773. The molecule has 0 saturated carbocycles. The van der Waals surface area contributed by atoms with E-state index in [1.165, 1.54) is 11.1 Å². The zero-order chi connectivity index (χ0) is 20.1. The number of aliphatic hydroxyl groups is 1. The van der Waals surface area contributed by atoms with Gasteiger partial charge in [-0.1, -0.05) is 68.4 Å². The van der Waals surface area contributed by atoms with Crippen molar-refractivity contribution in [3.05, 3.63) is 71.3 Å². The van der Waals surface area contributed by atoms with Gasteiger partial charge in [0.2, 0.25) is 0 Å². The molecule has 0 aliphatic carbocycles. The summed E-state index contributed by atoms with van der Waals surface area (Å²) in [7, 11) is 1.96. The molecule has 1 amide bonds. The van der Waals surface area contributed by atoms with E-state index in [0.717, 1.165) is 12.0 Å². The van der Waals surface area contributed by atoms with Gasteiger partial charge in [-0.15, -0.1) is 0 Å². The van der Waals surface area contributed by atoms with Gasteiger partial charge in [0.15, 0.2) is 5.60 Å². The summed E-state index contributed by atoms with van der Waals surface area (Å²) in [6.45, 7) is 6.68. The van der Waals surface area contributed by atoms with Crippen molar-refractivity contribution >= 4 is 5.91 Å². The summed E-state index contributed by atoms with van der Waals surface area (Å²) in [6, 6.07) is 18.6. The normalized spacial score (nSPS) is 20.2. The van der Waals surface area contributed by atoms with Gasteiger partial charge < -0.3 is 10.0 Å². The maximum atomic E-state index is 13.1. The van der Waals surface area contributed by atoms with Gasteiger partial charge in [-0.05, 0) is 42.5 Å². The first kappa shape index (κ1) is 20.6. The van der Waals surface area contributed by atoms with Gasteiger partial charge >= 0.3 is 0 Å².